The van der Waals surface area contributed by atoms with Gasteiger partial charge in [-0.25, -0.2) is 0 Å². The van der Waals surface area contributed by atoms with Crippen LogP contribution in [0.5, 0.6) is 0 Å². The smallest absolute Gasteiger partial charge is 0.257 e. The van der Waals surface area contributed by atoms with Crippen molar-refractivity contribution in [2.24, 2.45) is 0 Å². The van der Waals surface area contributed by atoms with Gasteiger partial charge < -0.3 is 5.32 Å². The summed E-state index contributed by atoms with van der Waals surface area (Å²) in [6, 6.07) is 5.45. The van der Waals surface area contributed by atoms with Crippen LogP contribution in [0.1, 0.15) is 20.9 Å². The number of thiophene rings is 1. The molecule has 16 heavy (non-hydrogen) atoms. The normalized spacial score (nSPS) is 15.4. The van der Waals surface area contributed by atoms with Crippen LogP contribution in [0.2, 0.25) is 0 Å². The third-order valence-electron chi connectivity index (χ3n) is 2.42. The fraction of sp³-hybridized carbons (Fsp3) is 0. The maximum absolute atomic E-state index is 11.9. The highest BCUT2D eigenvalue weighted by Gasteiger charge is 2.14. The Labute approximate surface area is 96.5 Å². The summed E-state index contributed by atoms with van der Waals surface area (Å²) in [4.78, 5) is 17.2. The molecule has 1 N–H and O–H groups in total. The number of rotatable bonds is 0. The van der Waals surface area contributed by atoms with E-state index >= 15 is 0 Å². The standard InChI is InChI=1S/C12H8N2OS/c15-12-8-2-1-6-13-9(8)3-4-11-10(14-12)5-7-16-11/h1-7H,(H,14,15). The molecule has 2 aromatic heterocycles. The van der Waals surface area contributed by atoms with E-state index in [2.05, 4.69) is 10.3 Å². The first-order valence-electron chi connectivity index (χ1n) is 4.86. The Morgan fingerprint density at radius 2 is 2.19 bits per heavy atom. The first-order chi connectivity index (χ1) is 7.84. The van der Waals surface area contributed by atoms with Gasteiger partial charge in [0.05, 0.1) is 21.8 Å². The molecule has 4 heteroatoms. The van der Waals surface area contributed by atoms with Gasteiger partial charge in [-0.05, 0) is 35.7 Å². The van der Waals surface area contributed by atoms with E-state index in [1.807, 2.05) is 23.6 Å². The minimum atomic E-state index is -0.105. The number of aromatic nitrogens is 1. The summed E-state index contributed by atoms with van der Waals surface area (Å²) in [6.07, 6.45) is 5.54. The van der Waals surface area contributed by atoms with Gasteiger partial charge in [-0.2, -0.15) is 0 Å². The lowest BCUT2D eigenvalue weighted by Crippen LogP contribution is -2.14. The first kappa shape index (κ1) is 9.30. The lowest BCUT2D eigenvalue weighted by atomic mass is 10.1. The Balaban J connectivity index is 2.19. The summed E-state index contributed by atoms with van der Waals surface area (Å²) >= 11 is 1.60. The molecule has 3 heterocycles. The van der Waals surface area contributed by atoms with Gasteiger partial charge in [0.2, 0.25) is 0 Å². The molecule has 0 unspecified atom stereocenters. The molecule has 78 valence electrons. The highest BCUT2D eigenvalue weighted by Crippen LogP contribution is 2.27. The molecule has 0 saturated heterocycles. The maximum Gasteiger partial charge on any atom is 0.257 e. The molecule has 0 fully saturated rings. The second-order valence-electron chi connectivity index (χ2n) is 3.42. The number of nitrogens with zero attached hydrogens (tertiary/aromatic N) is 1. The molecule has 0 saturated carbocycles. The summed E-state index contributed by atoms with van der Waals surface area (Å²) in [6.45, 7) is 0. The number of nitrogens with one attached hydrogen (secondary N) is 1. The quantitative estimate of drug-likeness (QED) is 0.753. The Morgan fingerprint density at radius 3 is 3.12 bits per heavy atom. The third kappa shape index (κ3) is 1.44. The monoisotopic (exact) mass is 228 g/mol. The SMILES string of the molecule is O=C1Nc2ccsc2/C=C\c2ncccc21. The zero-order chi connectivity index (χ0) is 11.0. The largest absolute Gasteiger partial charge is 0.321 e. The van der Waals surface area contributed by atoms with Crippen molar-refractivity contribution >= 4 is 35.1 Å². The molecule has 1 aliphatic rings. The molecule has 1 aliphatic heterocycles. The number of fused-ring (bicyclic) bond motifs is 2. The van der Waals surface area contributed by atoms with Crippen LogP contribution in [-0.4, -0.2) is 10.9 Å². The van der Waals surface area contributed by atoms with Crippen LogP contribution in [0, 0.1) is 0 Å². The van der Waals surface area contributed by atoms with Crippen molar-refractivity contribution < 1.29 is 4.79 Å². The summed E-state index contributed by atoms with van der Waals surface area (Å²) in [5.41, 5.74) is 2.18. The van der Waals surface area contributed by atoms with Gasteiger partial charge in [-0.3, -0.25) is 9.78 Å². The van der Waals surface area contributed by atoms with E-state index in [0.717, 1.165) is 10.6 Å². The number of carbonyl (C=O) groups is 1. The Hall–Kier alpha value is -1.94. The molecule has 0 bridgehead atoms. The average molecular weight is 228 g/mol. The van der Waals surface area contributed by atoms with Gasteiger partial charge in [0.15, 0.2) is 0 Å². The van der Waals surface area contributed by atoms with E-state index in [4.69, 9.17) is 0 Å². The first-order valence-corrected chi connectivity index (χ1v) is 5.74. The lowest BCUT2D eigenvalue weighted by Gasteiger charge is -2.09. The van der Waals surface area contributed by atoms with Crippen LogP contribution in [0.25, 0.3) is 12.2 Å². The molecular weight excluding hydrogens is 220 g/mol. The molecular formula is C12H8N2OS. The minimum absolute atomic E-state index is 0.105. The molecule has 0 radical (unpaired) electrons. The number of carbonyl (C=O) groups excluding carboxylic acids is 1. The van der Waals surface area contributed by atoms with Crippen LogP contribution in [0.3, 0.4) is 0 Å². The van der Waals surface area contributed by atoms with E-state index in [-0.39, 0.29) is 5.91 Å². The van der Waals surface area contributed by atoms with Crippen molar-refractivity contribution in [1.29, 1.82) is 0 Å². The van der Waals surface area contributed by atoms with Crippen LogP contribution in [0.4, 0.5) is 5.69 Å². The fourth-order valence-electron chi connectivity index (χ4n) is 1.64. The van der Waals surface area contributed by atoms with E-state index in [9.17, 15) is 4.79 Å². The number of amides is 1. The minimum Gasteiger partial charge on any atom is -0.321 e. The van der Waals surface area contributed by atoms with Gasteiger partial charge in [-0.15, -0.1) is 11.3 Å². The van der Waals surface area contributed by atoms with E-state index < -0.39 is 0 Å². The fourth-order valence-corrected chi connectivity index (χ4v) is 2.38. The summed E-state index contributed by atoms with van der Waals surface area (Å²) in [5, 5.41) is 4.84. The predicted molar refractivity (Wildman–Crippen MR) is 65.4 cm³/mol. The number of pyridine rings is 1. The van der Waals surface area contributed by atoms with Crippen LogP contribution < -0.4 is 5.32 Å². The van der Waals surface area contributed by atoms with Crippen LogP contribution in [-0.2, 0) is 0 Å². The highest BCUT2D eigenvalue weighted by atomic mass is 32.1. The molecule has 1 amide bonds. The average Bonchev–Trinajstić information content (AvgIpc) is 2.72. The van der Waals surface area contributed by atoms with Crippen LogP contribution in [0.15, 0.2) is 29.8 Å². The summed E-state index contributed by atoms with van der Waals surface area (Å²) < 4.78 is 0. The van der Waals surface area contributed by atoms with Crippen molar-refractivity contribution in [2.75, 3.05) is 5.32 Å². The zero-order valence-electron chi connectivity index (χ0n) is 8.31. The van der Waals surface area contributed by atoms with Crippen molar-refractivity contribution in [3.05, 3.63) is 45.9 Å². The van der Waals surface area contributed by atoms with Gasteiger partial charge in [-0.1, -0.05) is 0 Å². The van der Waals surface area contributed by atoms with Crippen molar-refractivity contribution in [3.63, 3.8) is 0 Å². The molecule has 0 aliphatic carbocycles. The Morgan fingerprint density at radius 1 is 1.25 bits per heavy atom. The van der Waals surface area contributed by atoms with E-state index in [1.54, 1.807) is 29.7 Å². The van der Waals surface area contributed by atoms with Crippen molar-refractivity contribution in [2.45, 2.75) is 0 Å². The number of hydrogen-bond acceptors (Lipinski definition) is 3. The van der Waals surface area contributed by atoms with E-state index in [0.29, 0.717) is 11.3 Å². The topological polar surface area (TPSA) is 42.0 Å². The molecule has 0 aromatic carbocycles. The predicted octanol–water partition coefficient (Wildman–Crippen LogP) is 2.88. The second-order valence-corrected chi connectivity index (χ2v) is 4.37. The van der Waals surface area contributed by atoms with Gasteiger partial charge >= 0.3 is 0 Å². The summed E-state index contributed by atoms with van der Waals surface area (Å²) in [7, 11) is 0. The summed E-state index contributed by atoms with van der Waals surface area (Å²) in [5.74, 6) is -0.105. The molecule has 3 rings (SSSR count). The third-order valence-corrected chi connectivity index (χ3v) is 3.30. The molecule has 0 spiro atoms. The number of hydrogen-bond donors (Lipinski definition) is 1. The van der Waals surface area contributed by atoms with Crippen molar-refractivity contribution in [1.82, 2.24) is 4.98 Å². The molecule has 2 aromatic rings. The van der Waals surface area contributed by atoms with E-state index in [1.165, 1.54) is 0 Å². The van der Waals surface area contributed by atoms with Gasteiger partial charge in [0.25, 0.3) is 5.91 Å². The Bertz CT molecular complexity index is 586. The second kappa shape index (κ2) is 3.57. The Kier molecular flexibility index (Phi) is 2.08. The van der Waals surface area contributed by atoms with Gasteiger partial charge in [0.1, 0.15) is 0 Å². The molecule has 0 atom stereocenters. The highest BCUT2D eigenvalue weighted by molar-refractivity contribution is 7.11. The van der Waals surface area contributed by atoms with Crippen molar-refractivity contribution in [3.8, 4) is 0 Å². The molecule has 3 nitrogen and oxygen atoms in total. The zero-order valence-corrected chi connectivity index (χ0v) is 9.12. The van der Waals surface area contributed by atoms with Crippen LogP contribution >= 0.6 is 11.3 Å². The lowest BCUT2D eigenvalue weighted by molar-refractivity contribution is 0.102. The van der Waals surface area contributed by atoms with Gasteiger partial charge in [0, 0.05) is 6.20 Å². The number of anilines is 1. The maximum atomic E-state index is 11.9.